The molecule has 1 unspecified atom stereocenters. The van der Waals surface area contributed by atoms with E-state index in [9.17, 15) is 14.7 Å². The van der Waals surface area contributed by atoms with Gasteiger partial charge in [0.25, 0.3) is 5.91 Å². The second-order valence-corrected chi connectivity index (χ2v) is 9.72. The van der Waals surface area contributed by atoms with Gasteiger partial charge in [-0.25, -0.2) is 4.98 Å². The Balaban J connectivity index is 1.95. The summed E-state index contributed by atoms with van der Waals surface area (Å²) in [5.74, 6) is -1.05. The maximum absolute atomic E-state index is 13.3. The molecule has 1 N–H and O–H groups in total. The van der Waals surface area contributed by atoms with Crippen molar-refractivity contribution in [3.63, 3.8) is 0 Å². The van der Waals surface area contributed by atoms with Crippen molar-refractivity contribution in [2.75, 3.05) is 12.0 Å². The maximum Gasteiger partial charge on any atom is 0.296 e. The average Bonchev–Trinajstić information content (AvgIpc) is 3.24. The van der Waals surface area contributed by atoms with Gasteiger partial charge in [-0.2, -0.15) is 0 Å². The zero-order valence-electron chi connectivity index (χ0n) is 17.5. The van der Waals surface area contributed by atoms with Crippen LogP contribution in [0.2, 0.25) is 5.02 Å². The number of benzene rings is 2. The minimum Gasteiger partial charge on any atom is -0.503 e. The number of halogens is 1. The van der Waals surface area contributed by atoms with E-state index in [-0.39, 0.29) is 11.4 Å². The van der Waals surface area contributed by atoms with Gasteiger partial charge in [-0.1, -0.05) is 61.9 Å². The van der Waals surface area contributed by atoms with Gasteiger partial charge in [-0.15, -0.1) is 0 Å². The van der Waals surface area contributed by atoms with Gasteiger partial charge < -0.3 is 9.84 Å². The molecule has 160 valence electrons. The first-order chi connectivity index (χ1) is 14.6. The second kappa shape index (κ2) is 7.66. The number of aliphatic hydroxyl groups is 1. The fraction of sp³-hybridized carbons (Fsp3) is 0.261. The highest BCUT2D eigenvalue weighted by molar-refractivity contribution is 7.22. The van der Waals surface area contributed by atoms with Crippen molar-refractivity contribution in [1.29, 1.82) is 0 Å². The van der Waals surface area contributed by atoms with E-state index in [2.05, 4.69) is 4.98 Å². The molecule has 1 aromatic heterocycles. The molecule has 1 aliphatic rings. The van der Waals surface area contributed by atoms with E-state index < -0.39 is 23.1 Å². The Hall–Kier alpha value is -2.90. The van der Waals surface area contributed by atoms with Crippen molar-refractivity contribution >= 4 is 50.0 Å². The number of ketones is 1. The maximum atomic E-state index is 13.3. The molecule has 0 spiro atoms. The van der Waals surface area contributed by atoms with Crippen molar-refractivity contribution < 1.29 is 19.4 Å². The Morgan fingerprint density at radius 1 is 1.23 bits per heavy atom. The van der Waals surface area contributed by atoms with E-state index in [1.54, 1.807) is 63.2 Å². The molecular formula is C23H21ClN2O4S. The van der Waals surface area contributed by atoms with Crippen molar-refractivity contribution in [2.24, 2.45) is 5.41 Å². The van der Waals surface area contributed by atoms with Crippen LogP contribution >= 0.6 is 22.9 Å². The molecular weight excluding hydrogens is 436 g/mol. The van der Waals surface area contributed by atoms with Crippen molar-refractivity contribution in [2.45, 2.75) is 26.8 Å². The Bertz CT molecular complexity index is 1240. The minimum absolute atomic E-state index is 0.0410. The van der Waals surface area contributed by atoms with Gasteiger partial charge in [0.05, 0.1) is 22.9 Å². The lowest BCUT2D eigenvalue weighted by Gasteiger charge is -2.28. The second-order valence-electron chi connectivity index (χ2n) is 8.27. The van der Waals surface area contributed by atoms with Crippen LogP contribution in [0.5, 0.6) is 5.75 Å². The van der Waals surface area contributed by atoms with Crippen LogP contribution in [0.4, 0.5) is 5.13 Å². The number of hydrogen-bond acceptors (Lipinski definition) is 6. The van der Waals surface area contributed by atoms with Gasteiger partial charge in [0.15, 0.2) is 16.7 Å². The monoisotopic (exact) mass is 456 g/mol. The number of carbonyl (C=O) groups is 2. The third-order valence-corrected chi connectivity index (χ3v) is 6.37. The molecule has 2 heterocycles. The zero-order valence-corrected chi connectivity index (χ0v) is 19.0. The quantitative estimate of drug-likeness (QED) is 0.562. The molecule has 0 bridgehead atoms. The molecule has 1 aliphatic heterocycles. The highest BCUT2D eigenvalue weighted by Gasteiger charge is 2.48. The number of fused-ring (bicyclic) bond motifs is 1. The standard InChI is InChI=1S/C23H21ClN2O4S/c1-23(2,3)20(28)17-18(13-7-5-6-8-15(13)30-4)26(21(29)19(17)27)22-25-14-10-9-12(24)11-16(14)31-22/h5-11,18,27H,1-4H3. The van der Waals surface area contributed by atoms with Crippen LogP contribution in [-0.4, -0.2) is 28.9 Å². The molecule has 0 fully saturated rings. The topological polar surface area (TPSA) is 79.7 Å². The summed E-state index contributed by atoms with van der Waals surface area (Å²) in [6.07, 6.45) is 0. The fourth-order valence-electron chi connectivity index (χ4n) is 3.61. The number of carbonyl (C=O) groups excluding carboxylic acids is 2. The lowest BCUT2D eigenvalue weighted by atomic mass is 9.82. The van der Waals surface area contributed by atoms with Crippen molar-refractivity contribution in [3.8, 4) is 5.75 Å². The van der Waals surface area contributed by atoms with Crippen LogP contribution in [0.15, 0.2) is 53.8 Å². The highest BCUT2D eigenvalue weighted by Crippen LogP contribution is 2.47. The summed E-state index contributed by atoms with van der Waals surface area (Å²) < 4.78 is 6.31. The number of aromatic nitrogens is 1. The largest absolute Gasteiger partial charge is 0.503 e. The van der Waals surface area contributed by atoms with E-state index in [0.717, 1.165) is 4.70 Å². The van der Waals surface area contributed by atoms with Gasteiger partial charge in [-0.05, 0) is 24.3 Å². The molecule has 0 saturated heterocycles. The molecule has 4 rings (SSSR count). The number of para-hydroxylation sites is 1. The summed E-state index contributed by atoms with van der Waals surface area (Å²) in [7, 11) is 1.52. The molecule has 1 atom stereocenters. The first kappa shape index (κ1) is 21.3. The molecule has 8 heteroatoms. The van der Waals surface area contributed by atoms with E-state index in [0.29, 0.717) is 27.0 Å². The number of ether oxygens (including phenoxy) is 1. The third-order valence-electron chi connectivity index (χ3n) is 5.11. The van der Waals surface area contributed by atoms with E-state index >= 15 is 0 Å². The Labute approximate surface area is 188 Å². The van der Waals surface area contributed by atoms with Crippen LogP contribution in [0, 0.1) is 5.41 Å². The van der Waals surface area contributed by atoms with E-state index in [4.69, 9.17) is 16.3 Å². The number of nitrogens with zero attached hydrogens (tertiary/aromatic N) is 2. The number of rotatable bonds is 4. The van der Waals surface area contributed by atoms with Gasteiger partial charge >= 0.3 is 0 Å². The van der Waals surface area contributed by atoms with Gasteiger partial charge in [0.1, 0.15) is 11.8 Å². The first-order valence-electron chi connectivity index (χ1n) is 9.64. The Kier molecular flexibility index (Phi) is 5.27. The van der Waals surface area contributed by atoms with Gasteiger partial charge in [0.2, 0.25) is 0 Å². The van der Waals surface area contributed by atoms with Crippen LogP contribution in [-0.2, 0) is 9.59 Å². The molecule has 2 aromatic carbocycles. The summed E-state index contributed by atoms with van der Waals surface area (Å²) in [6.45, 7) is 5.26. The SMILES string of the molecule is COc1ccccc1C1C(C(=O)C(C)(C)C)=C(O)C(=O)N1c1nc2ccc(Cl)cc2s1. The molecule has 31 heavy (non-hydrogen) atoms. The Morgan fingerprint density at radius 2 is 1.94 bits per heavy atom. The lowest BCUT2D eigenvalue weighted by Crippen LogP contribution is -2.33. The number of methoxy groups -OCH3 is 1. The lowest BCUT2D eigenvalue weighted by molar-refractivity contribution is -0.123. The molecule has 0 aliphatic carbocycles. The van der Waals surface area contributed by atoms with Crippen LogP contribution in [0.3, 0.4) is 0 Å². The predicted molar refractivity (Wildman–Crippen MR) is 122 cm³/mol. The predicted octanol–water partition coefficient (Wildman–Crippen LogP) is 5.47. The molecule has 6 nitrogen and oxygen atoms in total. The fourth-order valence-corrected chi connectivity index (χ4v) is 4.88. The Morgan fingerprint density at radius 3 is 2.61 bits per heavy atom. The number of thiazole rings is 1. The summed E-state index contributed by atoms with van der Waals surface area (Å²) in [6, 6.07) is 11.5. The summed E-state index contributed by atoms with van der Waals surface area (Å²) >= 11 is 7.37. The third kappa shape index (κ3) is 3.58. The van der Waals surface area contributed by atoms with Crippen LogP contribution < -0.4 is 9.64 Å². The molecule has 0 saturated carbocycles. The van der Waals surface area contributed by atoms with Crippen molar-refractivity contribution in [1.82, 2.24) is 4.98 Å². The number of hydrogen-bond donors (Lipinski definition) is 1. The smallest absolute Gasteiger partial charge is 0.296 e. The minimum atomic E-state index is -0.869. The molecule has 0 radical (unpaired) electrons. The average molecular weight is 457 g/mol. The number of aliphatic hydroxyl groups excluding tert-OH is 1. The normalized spacial score (nSPS) is 17.0. The van der Waals surface area contributed by atoms with Crippen LogP contribution in [0.1, 0.15) is 32.4 Å². The summed E-state index contributed by atoms with van der Waals surface area (Å²) in [4.78, 5) is 32.5. The van der Waals surface area contributed by atoms with E-state index in [1.807, 2.05) is 0 Å². The first-order valence-corrected chi connectivity index (χ1v) is 10.8. The van der Waals surface area contributed by atoms with Crippen molar-refractivity contribution in [3.05, 3.63) is 64.4 Å². The van der Waals surface area contributed by atoms with Crippen LogP contribution in [0.25, 0.3) is 10.2 Å². The number of Topliss-reactive ketones (excluding diaryl/α,β-unsaturated/α-hetero) is 1. The molecule has 3 aromatic rings. The summed E-state index contributed by atoms with van der Waals surface area (Å²) in [5.41, 5.74) is 0.499. The van der Waals surface area contributed by atoms with Gasteiger partial charge in [-0.3, -0.25) is 14.5 Å². The van der Waals surface area contributed by atoms with E-state index in [1.165, 1.54) is 23.3 Å². The summed E-state index contributed by atoms with van der Waals surface area (Å²) in [5, 5.41) is 11.7. The highest BCUT2D eigenvalue weighted by atomic mass is 35.5. The zero-order chi connectivity index (χ0) is 22.5. The van der Waals surface area contributed by atoms with Gasteiger partial charge in [0, 0.05) is 16.0 Å². The molecule has 1 amide bonds. The number of amides is 1. The number of anilines is 1.